The summed E-state index contributed by atoms with van der Waals surface area (Å²) >= 11 is 6.02. The Bertz CT molecular complexity index is 898. The summed E-state index contributed by atoms with van der Waals surface area (Å²) in [6.07, 6.45) is 1.42. The van der Waals surface area contributed by atoms with Gasteiger partial charge < -0.3 is 5.32 Å². The molecular weight excluding hydrogens is 384 g/mol. The Morgan fingerprint density at radius 1 is 1.19 bits per heavy atom. The van der Waals surface area contributed by atoms with Gasteiger partial charge in [-0.25, -0.2) is 8.42 Å². The standard InChI is InChI=1S/C20H25ClN2O3S/c1-5-19(20(24)22-15(3)16-11-9-14(2)10-12-16)23(27(4,25)26)18-8-6-7-17(21)13-18/h6-13,15,19H,5H2,1-4H3,(H,22,24)/t15-,19+/m1/s1. The number of amides is 1. The predicted octanol–water partition coefficient (Wildman–Crippen LogP) is 4.07. The molecule has 1 N–H and O–H groups in total. The number of sulfonamides is 1. The van der Waals surface area contributed by atoms with Crippen LogP contribution in [0.4, 0.5) is 5.69 Å². The summed E-state index contributed by atoms with van der Waals surface area (Å²) in [4.78, 5) is 12.9. The number of carbonyl (C=O) groups is 1. The molecule has 2 aromatic rings. The van der Waals surface area contributed by atoms with Crippen LogP contribution in [0.25, 0.3) is 0 Å². The molecule has 0 aliphatic heterocycles. The highest BCUT2D eigenvalue weighted by Gasteiger charge is 2.32. The molecule has 2 aromatic carbocycles. The number of benzene rings is 2. The van der Waals surface area contributed by atoms with Crippen molar-refractivity contribution >= 4 is 33.2 Å². The Hall–Kier alpha value is -2.05. The number of rotatable bonds is 7. The van der Waals surface area contributed by atoms with Crippen molar-refractivity contribution in [2.45, 2.75) is 39.3 Å². The third-order valence-electron chi connectivity index (χ3n) is 4.33. The van der Waals surface area contributed by atoms with Gasteiger partial charge in [0.1, 0.15) is 6.04 Å². The van der Waals surface area contributed by atoms with Gasteiger partial charge in [-0.15, -0.1) is 0 Å². The van der Waals surface area contributed by atoms with E-state index in [-0.39, 0.29) is 11.9 Å². The lowest BCUT2D eigenvalue weighted by Gasteiger charge is -2.31. The number of nitrogens with zero attached hydrogens (tertiary/aromatic N) is 1. The highest BCUT2D eigenvalue weighted by Crippen LogP contribution is 2.26. The molecule has 27 heavy (non-hydrogen) atoms. The fourth-order valence-electron chi connectivity index (χ4n) is 2.92. The molecule has 0 heterocycles. The summed E-state index contributed by atoms with van der Waals surface area (Å²) in [5, 5.41) is 3.33. The molecule has 146 valence electrons. The Labute approximate surface area is 166 Å². The molecule has 0 fully saturated rings. The first-order valence-electron chi connectivity index (χ1n) is 8.75. The molecule has 0 aromatic heterocycles. The van der Waals surface area contributed by atoms with Crippen molar-refractivity contribution in [3.8, 4) is 0 Å². The van der Waals surface area contributed by atoms with E-state index in [1.807, 2.05) is 38.1 Å². The van der Waals surface area contributed by atoms with E-state index in [9.17, 15) is 13.2 Å². The van der Waals surface area contributed by atoms with Crippen molar-refractivity contribution in [3.05, 3.63) is 64.7 Å². The van der Waals surface area contributed by atoms with Crippen molar-refractivity contribution in [3.63, 3.8) is 0 Å². The third-order valence-corrected chi connectivity index (χ3v) is 5.74. The first-order chi connectivity index (χ1) is 12.6. The molecule has 0 radical (unpaired) electrons. The number of halogens is 1. The fourth-order valence-corrected chi connectivity index (χ4v) is 4.31. The van der Waals surface area contributed by atoms with Crippen molar-refractivity contribution in [2.24, 2.45) is 0 Å². The Morgan fingerprint density at radius 2 is 1.81 bits per heavy atom. The van der Waals surface area contributed by atoms with E-state index >= 15 is 0 Å². The smallest absolute Gasteiger partial charge is 0.244 e. The van der Waals surface area contributed by atoms with E-state index in [0.717, 1.165) is 21.7 Å². The van der Waals surface area contributed by atoms with Gasteiger partial charge in [-0.05, 0) is 44.0 Å². The van der Waals surface area contributed by atoms with Gasteiger partial charge >= 0.3 is 0 Å². The number of nitrogens with one attached hydrogen (secondary N) is 1. The zero-order valence-corrected chi connectivity index (χ0v) is 17.5. The number of hydrogen-bond acceptors (Lipinski definition) is 3. The van der Waals surface area contributed by atoms with Crippen LogP contribution in [0.3, 0.4) is 0 Å². The topological polar surface area (TPSA) is 66.5 Å². The number of carbonyl (C=O) groups excluding carboxylic acids is 1. The molecule has 0 bridgehead atoms. The maximum atomic E-state index is 12.9. The highest BCUT2D eigenvalue weighted by atomic mass is 35.5. The van der Waals surface area contributed by atoms with Gasteiger partial charge in [-0.1, -0.05) is 54.4 Å². The maximum Gasteiger partial charge on any atom is 0.244 e. The Balaban J connectivity index is 2.30. The monoisotopic (exact) mass is 408 g/mol. The molecule has 2 atom stereocenters. The number of anilines is 1. The molecule has 0 spiro atoms. The molecule has 2 rings (SSSR count). The zero-order chi connectivity index (χ0) is 20.2. The van der Waals surface area contributed by atoms with Crippen LogP contribution in [0.15, 0.2) is 48.5 Å². The molecular formula is C20H25ClN2O3S. The second-order valence-corrected chi connectivity index (χ2v) is 8.90. The quantitative estimate of drug-likeness (QED) is 0.750. The van der Waals surface area contributed by atoms with Gasteiger partial charge in [-0.2, -0.15) is 0 Å². The number of aryl methyl sites for hydroxylation is 1. The van der Waals surface area contributed by atoms with Crippen LogP contribution in [0, 0.1) is 6.92 Å². The van der Waals surface area contributed by atoms with Crippen molar-refractivity contribution in [1.82, 2.24) is 5.32 Å². The van der Waals surface area contributed by atoms with Gasteiger partial charge in [0.25, 0.3) is 0 Å². The summed E-state index contributed by atoms with van der Waals surface area (Å²) < 4.78 is 26.0. The predicted molar refractivity (Wildman–Crippen MR) is 111 cm³/mol. The largest absolute Gasteiger partial charge is 0.348 e. The third kappa shape index (κ3) is 5.47. The first-order valence-corrected chi connectivity index (χ1v) is 11.0. The van der Waals surface area contributed by atoms with Crippen LogP contribution in [-0.4, -0.2) is 26.6 Å². The first kappa shape index (κ1) is 21.3. The Morgan fingerprint density at radius 3 is 2.33 bits per heavy atom. The van der Waals surface area contributed by atoms with E-state index in [1.165, 1.54) is 0 Å². The average molecular weight is 409 g/mol. The van der Waals surface area contributed by atoms with Crippen molar-refractivity contribution in [2.75, 3.05) is 10.6 Å². The van der Waals surface area contributed by atoms with Crippen LogP contribution in [0.5, 0.6) is 0 Å². The van der Waals surface area contributed by atoms with Gasteiger partial charge in [0, 0.05) is 5.02 Å². The van der Waals surface area contributed by atoms with Crippen LogP contribution in [0.2, 0.25) is 5.02 Å². The lowest BCUT2D eigenvalue weighted by Crippen LogP contribution is -2.49. The number of hydrogen-bond donors (Lipinski definition) is 1. The van der Waals surface area contributed by atoms with E-state index in [4.69, 9.17) is 11.6 Å². The molecule has 0 saturated carbocycles. The SMILES string of the molecule is CC[C@@H](C(=O)N[C@H](C)c1ccc(C)cc1)N(c1cccc(Cl)c1)S(C)(=O)=O. The minimum atomic E-state index is -3.68. The van der Waals surface area contributed by atoms with Crippen LogP contribution >= 0.6 is 11.6 Å². The van der Waals surface area contributed by atoms with Gasteiger partial charge in [0.15, 0.2) is 0 Å². The summed E-state index contributed by atoms with van der Waals surface area (Å²) in [5.41, 5.74) is 2.46. The molecule has 0 saturated heterocycles. The van der Waals surface area contributed by atoms with Gasteiger partial charge in [0.05, 0.1) is 18.0 Å². The Kier molecular flexibility index (Phi) is 6.89. The van der Waals surface area contributed by atoms with Gasteiger partial charge in [-0.3, -0.25) is 9.10 Å². The molecule has 7 heteroatoms. The normalized spacial score (nSPS) is 13.7. The van der Waals surface area contributed by atoms with Gasteiger partial charge in [0.2, 0.25) is 15.9 Å². The summed E-state index contributed by atoms with van der Waals surface area (Å²) in [5.74, 6) is -0.351. The molecule has 1 amide bonds. The molecule has 5 nitrogen and oxygen atoms in total. The lowest BCUT2D eigenvalue weighted by molar-refractivity contribution is -0.122. The lowest BCUT2D eigenvalue weighted by atomic mass is 10.1. The highest BCUT2D eigenvalue weighted by molar-refractivity contribution is 7.92. The second kappa shape index (κ2) is 8.76. The minimum Gasteiger partial charge on any atom is -0.348 e. The van der Waals surface area contributed by atoms with E-state index in [1.54, 1.807) is 31.2 Å². The molecule has 0 aliphatic rings. The van der Waals surface area contributed by atoms with Crippen LogP contribution in [-0.2, 0) is 14.8 Å². The fraction of sp³-hybridized carbons (Fsp3) is 0.350. The molecule has 0 aliphatic carbocycles. The minimum absolute atomic E-state index is 0.243. The zero-order valence-electron chi connectivity index (χ0n) is 15.9. The van der Waals surface area contributed by atoms with Crippen molar-refractivity contribution in [1.29, 1.82) is 0 Å². The molecule has 0 unspecified atom stereocenters. The van der Waals surface area contributed by atoms with E-state index in [0.29, 0.717) is 17.1 Å². The van der Waals surface area contributed by atoms with Crippen LogP contribution in [0.1, 0.15) is 37.4 Å². The maximum absolute atomic E-state index is 12.9. The summed E-state index contributed by atoms with van der Waals surface area (Å²) in [7, 11) is -3.68. The summed E-state index contributed by atoms with van der Waals surface area (Å²) in [6.45, 7) is 5.65. The van der Waals surface area contributed by atoms with Crippen LogP contribution < -0.4 is 9.62 Å². The average Bonchev–Trinajstić information content (AvgIpc) is 2.58. The van der Waals surface area contributed by atoms with Crippen molar-refractivity contribution < 1.29 is 13.2 Å². The second-order valence-electron chi connectivity index (χ2n) is 6.60. The van der Waals surface area contributed by atoms with E-state index in [2.05, 4.69) is 5.32 Å². The van der Waals surface area contributed by atoms with E-state index < -0.39 is 16.1 Å². The summed E-state index contributed by atoms with van der Waals surface area (Å²) in [6, 6.07) is 13.2.